The first-order valence-electron chi connectivity index (χ1n) is 9.94. The van der Waals surface area contributed by atoms with Crippen LogP contribution in [-0.4, -0.2) is 42.6 Å². The molecule has 1 aromatic heterocycles. The standard InChI is InChI=1S/C23H25N3O5/c1-3-30-19-8-10-20(11-9-19)31-16-22(27)24-14-15-26-23(28)13-12-21(25-26)17-4-6-18(29-2)7-5-17/h4-13H,3,14-16H2,1-2H3,(H,24,27). The summed E-state index contributed by atoms with van der Waals surface area (Å²) in [6.07, 6.45) is 0. The number of aromatic nitrogens is 2. The molecule has 0 aliphatic heterocycles. The van der Waals surface area contributed by atoms with Crippen molar-refractivity contribution in [1.29, 1.82) is 0 Å². The largest absolute Gasteiger partial charge is 0.497 e. The highest BCUT2D eigenvalue weighted by Gasteiger charge is 2.06. The Morgan fingerprint density at radius 1 is 0.935 bits per heavy atom. The number of amides is 1. The minimum Gasteiger partial charge on any atom is -0.497 e. The van der Waals surface area contributed by atoms with Crippen LogP contribution in [-0.2, 0) is 11.3 Å². The fraction of sp³-hybridized carbons (Fsp3) is 0.261. The summed E-state index contributed by atoms with van der Waals surface area (Å²) in [4.78, 5) is 24.1. The maximum atomic E-state index is 12.1. The number of ether oxygens (including phenoxy) is 3. The molecule has 0 spiro atoms. The highest BCUT2D eigenvalue weighted by atomic mass is 16.5. The molecule has 0 aliphatic carbocycles. The Morgan fingerprint density at radius 2 is 1.58 bits per heavy atom. The van der Waals surface area contributed by atoms with Crippen LogP contribution in [0.4, 0.5) is 0 Å². The van der Waals surface area contributed by atoms with E-state index in [1.807, 2.05) is 31.2 Å². The summed E-state index contributed by atoms with van der Waals surface area (Å²) in [5.74, 6) is 1.78. The third kappa shape index (κ3) is 6.33. The number of carbonyl (C=O) groups is 1. The summed E-state index contributed by atoms with van der Waals surface area (Å²) < 4.78 is 17.3. The second-order valence-electron chi connectivity index (χ2n) is 6.55. The van der Waals surface area contributed by atoms with Gasteiger partial charge in [0, 0.05) is 18.2 Å². The highest BCUT2D eigenvalue weighted by Crippen LogP contribution is 2.19. The molecular weight excluding hydrogens is 398 g/mol. The molecule has 0 unspecified atom stereocenters. The van der Waals surface area contributed by atoms with Crippen LogP contribution in [0, 0.1) is 0 Å². The molecule has 162 valence electrons. The Bertz CT molecular complexity index is 1050. The number of benzene rings is 2. The molecule has 0 atom stereocenters. The maximum absolute atomic E-state index is 12.1. The van der Waals surface area contributed by atoms with Gasteiger partial charge >= 0.3 is 0 Å². The Balaban J connectivity index is 1.50. The van der Waals surface area contributed by atoms with E-state index < -0.39 is 0 Å². The number of nitrogens with zero attached hydrogens (tertiary/aromatic N) is 2. The van der Waals surface area contributed by atoms with Crippen molar-refractivity contribution in [3.8, 4) is 28.5 Å². The average Bonchev–Trinajstić information content (AvgIpc) is 2.80. The average molecular weight is 423 g/mol. The van der Waals surface area contributed by atoms with Crippen LogP contribution in [0.1, 0.15) is 6.92 Å². The zero-order chi connectivity index (χ0) is 22.1. The lowest BCUT2D eigenvalue weighted by Gasteiger charge is -2.10. The van der Waals surface area contributed by atoms with Crippen molar-refractivity contribution >= 4 is 5.91 Å². The lowest BCUT2D eigenvalue weighted by atomic mass is 10.1. The summed E-state index contributed by atoms with van der Waals surface area (Å²) in [6.45, 7) is 2.88. The summed E-state index contributed by atoms with van der Waals surface area (Å²) in [6, 6.07) is 17.6. The predicted octanol–water partition coefficient (Wildman–Crippen LogP) is 2.51. The summed E-state index contributed by atoms with van der Waals surface area (Å²) in [7, 11) is 1.60. The minimum atomic E-state index is -0.284. The number of methoxy groups -OCH3 is 1. The van der Waals surface area contributed by atoms with Crippen LogP contribution in [0.3, 0.4) is 0 Å². The van der Waals surface area contributed by atoms with E-state index >= 15 is 0 Å². The van der Waals surface area contributed by atoms with E-state index in [2.05, 4.69) is 10.4 Å². The lowest BCUT2D eigenvalue weighted by molar-refractivity contribution is -0.123. The summed E-state index contributed by atoms with van der Waals surface area (Å²) in [5, 5.41) is 7.11. The smallest absolute Gasteiger partial charge is 0.266 e. The first kappa shape index (κ1) is 21.9. The molecule has 3 rings (SSSR count). The van der Waals surface area contributed by atoms with Gasteiger partial charge in [-0.2, -0.15) is 5.10 Å². The third-order valence-electron chi connectivity index (χ3n) is 4.40. The van der Waals surface area contributed by atoms with E-state index in [9.17, 15) is 9.59 Å². The SMILES string of the molecule is CCOc1ccc(OCC(=O)NCCn2nc(-c3ccc(OC)cc3)ccc2=O)cc1. The molecule has 8 nitrogen and oxygen atoms in total. The molecule has 0 bridgehead atoms. The van der Waals surface area contributed by atoms with Crippen molar-refractivity contribution in [3.05, 3.63) is 71.0 Å². The topological polar surface area (TPSA) is 91.7 Å². The van der Waals surface area contributed by atoms with Crippen molar-refractivity contribution in [2.75, 3.05) is 26.9 Å². The molecular formula is C23H25N3O5. The first-order chi connectivity index (χ1) is 15.1. The summed E-state index contributed by atoms with van der Waals surface area (Å²) in [5.41, 5.74) is 1.28. The van der Waals surface area contributed by atoms with Crippen LogP contribution >= 0.6 is 0 Å². The molecule has 0 aliphatic rings. The van der Waals surface area contributed by atoms with E-state index in [1.165, 1.54) is 10.7 Å². The van der Waals surface area contributed by atoms with Crippen LogP contribution in [0.25, 0.3) is 11.3 Å². The molecule has 0 saturated carbocycles. The van der Waals surface area contributed by atoms with Crippen molar-refractivity contribution in [1.82, 2.24) is 15.1 Å². The van der Waals surface area contributed by atoms with Gasteiger partial charge in [-0.1, -0.05) is 0 Å². The van der Waals surface area contributed by atoms with Gasteiger partial charge in [0.1, 0.15) is 17.2 Å². The van der Waals surface area contributed by atoms with E-state index in [0.717, 1.165) is 17.1 Å². The molecule has 1 amide bonds. The number of carbonyl (C=O) groups excluding carboxylic acids is 1. The van der Waals surface area contributed by atoms with Crippen LogP contribution in [0.2, 0.25) is 0 Å². The fourth-order valence-electron chi connectivity index (χ4n) is 2.82. The molecule has 3 aromatic rings. The molecule has 2 aromatic carbocycles. The van der Waals surface area contributed by atoms with Gasteiger partial charge in [0.05, 0.1) is 26.0 Å². The lowest BCUT2D eigenvalue weighted by Crippen LogP contribution is -2.34. The molecule has 0 saturated heterocycles. The number of hydrogen-bond acceptors (Lipinski definition) is 6. The monoisotopic (exact) mass is 423 g/mol. The van der Waals surface area contributed by atoms with Crippen molar-refractivity contribution in [2.45, 2.75) is 13.5 Å². The Kier molecular flexibility index (Phi) is 7.64. The Hall–Kier alpha value is -3.81. The van der Waals surface area contributed by atoms with E-state index in [0.29, 0.717) is 18.1 Å². The van der Waals surface area contributed by atoms with Gasteiger partial charge < -0.3 is 19.5 Å². The quantitative estimate of drug-likeness (QED) is 0.539. The predicted molar refractivity (Wildman–Crippen MR) is 117 cm³/mol. The van der Waals surface area contributed by atoms with Gasteiger partial charge in [-0.15, -0.1) is 0 Å². The van der Waals surface area contributed by atoms with E-state index in [4.69, 9.17) is 14.2 Å². The van der Waals surface area contributed by atoms with Gasteiger partial charge in [-0.05, 0) is 61.5 Å². The van der Waals surface area contributed by atoms with E-state index in [1.54, 1.807) is 37.4 Å². The normalized spacial score (nSPS) is 10.4. The van der Waals surface area contributed by atoms with Gasteiger partial charge in [0.15, 0.2) is 6.61 Å². The second-order valence-corrected chi connectivity index (χ2v) is 6.55. The molecule has 0 radical (unpaired) electrons. The first-order valence-corrected chi connectivity index (χ1v) is 9.94. The second kappa shape index (κ2) is 10.8. The maximum Gasteiger partial charge on any atom is 0.266 e. The molecule has 8 heteroatoms. The van der Waals surface area contributed by atoms with Crippen molar-refractivity contribution < 1.29 is 19.0 Å². The van der Waals surface area contributed by atoms with Gasteiger partial charge in [-0.3, -0.25) is 9.59 Å². The van der Waals surface area contributed by atoms with Gasteiger partial charge in [0.25, 0.3) is 11.5 Å². The zero-order valence-corrected chi connectivity index (χ0v) is 17.5. The molecule has 31 heavy (non-hydrogen) atoms. The van der Waals surface area contributed by atoms with Crippen molar-refractivity contribution in [3.63, 3.8) is 0 Å². The zero-order valence-electron chi connectivity index (χ0n) is 17.5. The van der Waals surface area contributed by atoms with Crippen LogP contribution in [0.15, 0.2) is 65.5 Å². The summed E-state index contributed by atoms with van der Waals surface area (Å²) >= 11 is 0. The minimum absolute atomic E-state index is 0.123. The van der Waals surface area contributed by atoms with Crippen LogP contribution < -0.4 is 25.1 Å². The third-order valence-corrected chi connectivity index (χ3v) is 4.40. The van der Waals surface area contributed by atoms with E-state index in [-0.39, 0.29) is 31.2 Å². The molecule has 1 heterocycles. The fourth-order valence-corrected chi connectivity index (χ4v) is 2.82. The number of nitrogens with one attached hydrogen (secondary N) is 1. The van der Waals surface area contributed by atoms with Gasteiger partial charge in [-0.25, -0.2) is 4.68 Å². The van der Waals surface area contributed by atoms with Crippen molar-refractivity contribution in [2.24, 2.45) is 0 Å². The number of hydrogen-bond donors (Lipinski definition) is 1. The highest BCUT2D eigenvalue weighted by molar-refractivity contribution is 5.77. The molecule has 1 N–H and O–H groups in total. The number of rotatable bonds is 10. The van der Waals surface area contributed by atoms with Gasteiger partial charge in [0.2, 0.25) is 0 Å². The Morgan fingerprint density at radius 3 is 2.23 bits per heavy atom. The Labute approximate surface area is 180 Å². The molecule has 0 fully saturated rings. The van der Waals surface area contributed by atoms with Crippen LogP contribution in [0.5, 0.6) is 17.2 Å².